The number of aliphatic hydroxyl groups is 1. The lowest BCUT2D eigenvalue weighted by Crippen LogP contribution is -2.26. The summed E-state index contributed by atoms with van der Waals surface area (Å²) in [6.45, 7) is 0.924. The molecular weight excluding hydrogens is 314 g/mol. The molecule has 0 atom stereocenters. The van der Waals surface area contributed by atoms with Gasteiger partial charge in [0.1, 0.15) is 0 Å². The van der Waals surface area contributed by atoms with Crippen molar-refractivity contribution in [1.82, 2.24) is 5.32 Å². The Hall–Kier alpha value is -0.520. The minimum atomic E-state index is 0.0620. The highest BCUT2D eigenvalue weighted by Crippen LogP contribution is 2.20. The SMILES string of the molecule is O=C(CSc1ccc(Br)cc1)NCCCCCO. The Morgan fingerprint density at radius 2 is 1.94 bits per heavy atom. The summed E-state index contributed by atoms with van der Waals surface area (Å²) in [5, 5.41) is 11.5. The van der Waals surface area contributed by atoms with Crippen molar-refractivity contribution in [2.24, 2.45) is 0 Å². The predicted molar refractivity (Wildman–Crippen MR) is 78.8 cm³/mol. The second kappa shape index (κ2) is 9.42. The zero-order valence-corrected chi connectivity index (χ0v) is 12.6. The standard InChI is InChI=1S/C13H18BrNO2S/c14-11-4-6-12(7-5-11)18-10-13(17)15-8-2-1-3-9-16/h4-7,16H,1-3,8-10H2,(H,15,17). The zero-order chi connectivity index (χ0) is 13.2. The van der Waals surface area contributed by atoms with Gasteiger partial charge in [0.05, 0.1) is 5.75 Å². The fourth-order valence-electron chi connectivity index (χ4n) is 1.37. The van der Waals surface area contributed by atoms with Crippen LogP contribution in [0.25, 0.3) is 0 Å². The predicted octanol–water partition coefficient (Wildman–Crippen LogP) is 2.82. The molecule has 0 aliphatic heterocycles. The van der Waals surface area contributed by atoms with Gasteiger partial charge in [-0.05, 0) is 43.5 Å². The molecule has 0 radical (unpaired) electrons. The van der Waals surface area contributed by atoms with Crippen molar-refractivity contribution in [3.05, 3.63) is 28.7 Å². The molecular formula is C13H18BrNO2S. The van der Waals surface area contributed by atoms with Gasteiger partial charge in [-0.2, -0.15) is 0 Å². The number of hydrogen-bond donors (Lipinski definition) is 2. The molecule has 1 aromatic carbocycles. The number of rotatable bonds is 8. The van der Waals surface area contributed by atoms with Crippen LogP contribution in [0, 0.1) is 0 Å². The number of carbonyl (C=O) groups is 1. The lowest BCUT2D eigenvalue weighted by molar-refractivity contribution is -0.118. The minimum absolute atomic E-state index is 0.0620. The molecule has 2 N–H and O–H groups in total. The highest BCUT2D eigenvalue weighted by Gasteiger charge is 2.02. The van der Waals surface area contributed by atoms with Crippen LogP contribution in [0.2, 0.25) is 0 Å². The Kier molecular flexibility index (Phi) is 8.13. The summed E-state index contributed by atoms with van der Waals surface area (Å²) in [5.41, 5.74) is 0. The van der Waals surface area contributed by atoms with Crippen molar-refractivity contribution in [3.63, 3.8) is 0 Å². The van der Waals surface area contributed by atoms with E-state index in [4.69, 9.17) is 5.11 Å². The Morgan fingerprint density at radius 1 is 1.22 bits per heavy atom. The molecule has 0 bridgehead atoms. The van der Waals surface area contributed by atoms with E-state index in [1.807, 2.05) is 24.3 Å². The van der Waals surface area contributed by atoms with E-state index in [0.717, 1.165) is 28.6 Å². The average molecular weight is 332 g/mol. The number of benzene rings is 1. The number of unbranched alkanes of at least 4 members (excludes halogenated alkanes) is 2. The number of carbonyl (C=O) groups excluding carboxylic acids is 1. The van der Waals surface area contributed by atoms with Crippen molar-refractivity contribution >= 4 is 33.6 Å². The van der Waals surface area contributed by atoms with E-state index < -0.39 is 0 Å². The molecule has 3 nitrogen and oxygen atoms in total. The molecule has 1 rings (SSSR count). The van der Waals surface area contributed by atoms with Crippen LogP contribution >= 0.6 is 27.7 Å². The summed E-state index contributed by atoms with van der Waals surface area (Å²) >= 11 is 4.91. The van der Waals surface area contributed by atoms with Gasteiger partial charge < -0.3 is 10.4 Å². The van der Waals surface area contributed by atoms with E-state index in [-0.39, 0.29) is 12.5 Å². The second-order valence-corrected chi connectivity index (χ2v) is 5.84. The first-order valence-electron chi connectivity index (χ1n) is 5.98. The van der Waals surface area contributed by atoms with Crippen LogP contribution in [0.1, 0.15) is 19.3 Å². The molecule has 5 heteroatoms. The number of halogens is 1. The van der Waals surface area contributed by atoms with Crippen LogP contribution in [-0.2, 0) is 4.79 Å². The third-order valence-corrected chi connectivity index (χ3v) is 3.88. The van der Waals surface area contributed by atoms with Crippen LogP contribution in [0.15, 0.2) is 33.6 Å². The summed E-state index contributed by atoms with van der Waals surface area (Å²) in [6, 6.07) is 7.91. The topological polar surface area (TPSA) is 49.3 Å². The Morgan fingerprint density at radius 3 is 2.61 bits per heavy atom. The quantitative estimate of drug-likeness (QED) is 0.568. The average Bonchev–Trinajstić information content (AvgIpc) is 2.38. The van der Waals surface area contributed by atoms with Crippen molar-refractivity contribution in [3.8, 4) is 0 Å². The van der Waals surface area contributed by atoms with Crippen molar-refractivity contribution in [2.75, 3.05) is 18.9 Å². The van der Waals surface area contributed by atoms with Gasteiger partial charge in [0.2, 0.25) is 5.91 Å². The molecule has 1 aromatic rings. The highest BCUT2D eigenvalue weighted by atomic mass is 79.9. The third-order valence-electron chi connectivity index (χ3n) is 2.34. The lowest BCUT2D eigenvalue weighted by Gasteiger charge is -2.05. The van der Waals surface area contributed by atoms with Crippen LogP contribution in [-0.4, -0.2) is 29.9 Å². The number of thioether (sulfide) groups is 1. The third kappa shape index (κ3) is 7.03. The number of aliphatic hydroxyl groups excluding tert-OH is 1. The molecule has 0 saturated heterocycles. The molecule has 0 aliphatic rings. The van der Waals surface area contributed by atoms with E-state index in [0.29, 0.717) is 12.3 Å². The van der Waals surface area contributed by atoms with Crippen molar-refractivity contribution in [2.45, 2.75) is 24.2 Å². The van der Waals surface area contributed by atoms with E-state index in [1.54, 1.807) is 0 Å². The second-order valence-electron chi connectivity index (χ2n) is 3.88. The first-order valence-corrected chi connectivity index (χ1v) is 7.76. The fraction of sp³-hybridized carbons (Fsp3) is 0.462. The fourth-order valence-corrected chi connectivity index (χ4v) is 2.36. The molecule has 0 aromatic heterocycles. The molecule has 0 heterocycles. The van der Waals surface area contributed by atoms with Gasteiger partial charge in [-0.3, -0.25) is 4.79 Å². The number of hydrogen-bond acceptors (Lipinski definition) is 3. The van der Waals surface area contributed by atoms with Gasteiger partial charge in [0.15, 0.2) is 0 Å². The molecule has 1 amide bonds. The Bertz CT molecular complexity index is 357. The number of amides is 1. The molecule has 0 spiro atoms. The molecule has 0 fully saturated rings. The van der Waals surface area contributed by atoms with Crippen LogP contribution in [0.3, 0.4) is 0 Å². The van der Waals surface area contributed by atoms with Gasteiger partial charge >= 0.3 is 0 Å². The van der Waals surface area contributed by atoms with E-state index in [1.165, 1.54) is 11.8 Å². The zero-order valence-electron chi connectivity index (χ0n) is 10.2. The maximum absolute atomic E-state index is 11.5. The molecule has 0 aliphatic carbocycles. The highest BCUT2D eigenvalue weighted by molar-refractivity contribution is 9.10. The first-order chi connectivity index (χ1) is 8.72. The minimum Gasteiger partial charge on any atom is -0.396 e. The number of nitrogens with one attached hydrogen (secondary N) is 1. The summed E-state index contributed by atoms with van der Waals surface area (Å²) in [7, 11) is 0. The van der Waals surface area contributed by atoms with Gasteiger partial charge in [0, 0.05) is 22.5 Å². The molecule has 0 unspecified atom stereocenters. The van der Waals surface area contributed by atoms with E-state index >= 15 is 0 Å². The monoisotopic (exact) mass is 331 g/mol. The normalized spacial score (nSPS) is 10.3. The Labute approximate surface area is 120 Å². The largest absolute Gasteiger partial charge is 0.396 e. The van der Waals surface area contributed by atoms with Crippen LogP contribution in [0.5, 0.6) is 0 Å². The molecule has 18 heavy (non-hydrogen) atoms. The smallest absolute Gasteiger partial charge is 0.230 e. The summed E-state index contributed by atoms with van der Waals surface area (Å²) in [6.07, 6.45) is 2.69. The Balaban J connectivity index is 2.11. The van der Waals surface area contributed by atoms with Gasteiger partial charge in [-0.15, -0.1) is 11.8 Å². The lowest BCUT2D eigenvalue weighted by atomic mass is 10.2. The molecule has 0 saturated carbocycles. The van der Waals surface area contributed by atoms with Crippen molar-refractivity contribution < 1.29 is 9.90 Å². The maximum Gasteiger partial charge on any atom is 0.230 e. The summed E-state index contributed by atoms with van der Waals surface area (Å²) in [5.74, 6) is 0.508. The van der Waals surface area contributed by atoms with Crippen LogP contribution < -0.4 is 5.32 Å². The van der Waals surface area contributed by atoms with E-state index in [2.05, 4.69) is 21.2 Å². The maximum atomic E-state index is 11.5. The summed E-state index contributed by atoms with van der Waals surface area (Å²) < 4.78 is 1.04. The van der Waals surface area contributed by atoms with Crippen molar-refractivity contribution in [1.29, 1.82) is 0 Å². The van der Waals surface area contributed by atoms with Gasteiger partial charge in [-0.25, -0.2) is 0 Å². The first kappa shape index (κ1) is 15.5. The van der Waals surface area contributed by atoms with E-state index in [9.17, 15) is 4.79 Å². The van der Waals surface area contributed by atoms with Gasteiger partial charge in [-0.1, -0.05) is 15.9 Å². The van der Waals surface area contributed by atoms with Gasteiger partial charge in [0.25, 0.3) is 0 Å². The van der Waals surface area contributed by atoms with Crippen LogP contribution in [0.4, 0.5) is 0 Å². The summed E-state index contributed by atoms with van der Waals surface area (Å²) in [4.78, 5) is 12.6. The molecule has 100 valence electrons.